The highest BCUT2D eigenvalue weighted by Gasteiger charge is 2.23. The standard InChI is InChI=1S/C27H33N3O5/c1-19-5-3-6-22(20(19)2)28-26(32)18-29-11-13-30(14-12-29)27(33)10-8-23(31)21-7-9-24-25(17-21)35-16-4-15-34-24/h3,5-7,9,17H,4,8,10-16,18H2,1-2H3,(H,28,32). The second kappa shape index (κ2) is 11.4. The Kier molecular flexibility index (Phi) is 8.02. The topological polar surface area (TPSA) is 88.2 Å². The third-order valence-electron chi connectivity index (χ3n) is 6.61. The first-order valence-electron chi connectivity index (χ1n) is 12.2. The third kappa shape index (κ3) is 6.39. The van der Waals surface area contributed by atoms with Crippen LogP contribution in [0.4, 0.5) is 5.69 Å². The van der Waals surface area contributed by atoms with E-state index in [4.69, 9.17) is 9.47 Å². The number of benzene rings is 2. The van der Waals surface area contributed by atoms with E-state index in [1.807, 2.05) is 36.9 Å². The molecule has 2 amide bonds. The van der Waals surface area contributed by atoms with Crippen LogP contribution >= 0.6 is 0 Å². The van der Waals surface area contributed by atoms with E-state index in [-0.39, 0.29) is 37.0 Å². The number of amides is 2. The second-order valence-corrected chi connectivity index (χ2v) is 9.09. The van der Waals surface area contributed by atoms with Crippen LogP contribution in [0.3, 0.4) is 0 Å². The Labute approximate surface area is 206 Å². The molecule has 1 saturated heterocycles. The van der Waals surface area contributed by atoms with Gasteiger partial charge in [-0.15, -0.1) is 0 Å². The molecule has 0 atom stereocenters. The molecule has 0 radical (unpaired) electrons. The highest BCUT2D eigenvalue weighted by molar-refractivity contribution is 5.98. The highest BCUT2D eigenvalue weighted by Crippen LogP contribution is 2.31. The lowest BCUT2D eigenvalue weighted by Gasteiger charge is -2.34. The Bertz CT molecular complexity index is 1090. The lowest BCUT2D eigenvalue weighted by Crippen LogP contribution is -2.50. The van der Waals surface area contributed by atoms with Gasteiger partial charge < -0.3 is 19.7 Å². The second-order valence-electron chi connectivity index (χ2n) is 9.09. The van der Waals surface area contributed by atoms with Crippen molar-refractivity contribution in [3.63, 3.8) is 0 Å². The Morgan fingerprint density at radius 2 is 1.66 bits per heavy atom. The molecular formula is C27H33N3O5. The summed E-state index contributed by atoms with van der Waals surface area (Å²) in [5.41, 5.74) is 3.57. The molecule has 0 saturated carbocycles. The number of hydrogen-bond donors (Lipinski definition) is 1. The summed E-state index contributed by atoms with van der Waals surface area (Å²) < 4.78 is 11.3. The van der Waals surface area contributed by atoms with E-state index in [2.05, 4.69) is 5.32 Å². The largest absolute Gasteiger partial charge is 0.490 e. The van der Waals surface area contributed by atoms with Crippen molar-refractivity contribution >= 4 is 23.3 Å². The van der Waals surface area contributed by atoms with Crippen molar-refractivity contribution in [1.82, 2.24) is 9.80 Å². The number of hydrogen-bond acceptors (Lipinski definition) is 6. The van der Waals surface area contributed by atoms with E-state index in [1.165, 1.54) is 0 Å². The van der Waals surface area contributed by atoms with Crippen molar-refractivity contribution in [2.75, 3.05) is 51.3 Å². The van der Waals surface area contributed by atoms with Crippen LogP contribution in [0.2, 0.25) is 0 Å². The van der Waals surface area contributed by atoms with Crippen LogP contribution in [-0.4, -0.2) is 73.3 Å². The van der Waals surface area contributed by atoms with Gasteiger partial charge in [-0.1, -0.05) is 12.1 Å². The predicted octanol–water partition coefficient (Wildman–Crippen LogP) is 3.21. The molecule has 0 aromatic heterocycles. The minimum Gasteiger partial charge on any atom is -0.490 e. The molecule has 2 aliphatic rings. The van der Waals surface area contributed by atoms with Crippen molar-refractivity contribution in [3.05, 3.63) is 53.1 Å². The summed E-state index contributed by atoms with van der Waals surface area (Å²) in [5, 5.41) is 2.99. The molecular weight excluding hydrogens is 446 g/mol. The van der Waals surface area contributed by atoms with E-state index < -0.39 is 0 Å². The zero-order valence-electron chi connectivity index (χ0n) is 20.5. The average Bonchev–Trinajstić information content (AvgIpc) is 3.10. The minimum absolute atomic E-state index is 0.0350. The summed E-state index contributed by atoms with van der Waals surface area (Å²) in [6, 6.07) is 11.0. The summed E-state index contributed by atoms with van der Waals surface area (Å²) in [6.07, 6.45) is 1.12. The molecule has 8 heteroatoms. The normalized spacial score (nSPS) is 15.9. The number of piperazine rings is 1. The number of anilines is 1. The molecule has 35 heavy (non-hydrogen) atoms. The van der Waals surface area contributed by atoms with Crippen molar-refractivity contribution in [2.45, 2.75) is 33.1 Å². The van der Waals surface area contributed by atoms with E-state index in [1.54, 1.807) is 23.1 Å². The number of rotatable bonds is 7. The maximum Gasteiger partial charge on any atom is 0.238 e. The van der Waals surface area contributed by atoms with Gasteiger partial charge in [-0.2, -0.15) is 0 Å². The van der Waals surface area contributed by atoms with Gasteiger partial charge in [-0.3, -0.25) is 19.3 Å². The molecule has 8 nitrogen and oxygen atoms in total. The van der Waals surface area contributed by atoms with E-state index in [0.29, 0.717) is 56.5 Å². The van der Waals surface area contributed by atoms with Crippen molar-refractivity contribution in [3.8, 4) is 11.5 Å². The fourth-order valence-electron chi connectivity index (χ4n) is 4.29. The van der Waals surface area contributed by atoms with Crippen LogP contribution in [0, 0.1) is 13.8 Å². The van der Waals surface area contributed by atoms with E-state index in [0.717, 1.165) is 23.2 Å². The number of ketones is 1. The number of aryl methyl sites for hydroxylation is 1. The Morgan fingerprint density at radius 1 is 0.914 bits per heavy atom. The van der Waals surface area contributed by atoms with Crippen LogP contribution in [0.5, 0.6) is 11.5 Å². The first kappa shape index (κ1) is 24.7. The fourth-order valence-corrected chi connectivity index (χ4v) is 4.29. The number of carbonyl (C=O) groups excluding carboxylic acids is 3. The summed E-state index contributed by atoms with van der Waals surface area (Å²) in [4.78, 5) is 41.7. The number of carbonyl (C=O) groups is 3. The maximum absolute atomic E-state index is 12.7. The van der Waals surface area contributed by atoms with Gasteiger partial charge in [0.25, 0.3) is 0 Å². The van der Waals surface area contributed by atoms with Crippen molar-refractivity contribution in [2.24, 2.45) is 0 Å². The minimum atomic E-state index is -0.0873. The summed E-state index contributed by atoms with van der Waals surface area (Å²) in [6.45, 7) is 7.81. The molecule has 1 N–H and O–H groups in total. The highest BCUT2D eigenvalue weighted by atomic mass is 16.5. The van der Waals surface area contributed by atoms with Gasteiger partial charge in [0.1, 0.15) is 0 Å². The van der Waals surface area contributed by atoms with E-state index >= 15 is 0 Å². The van der Waals surface area contributed by atoms with Crippen molar-refractivity contribution < 1.29 is 23.9 Å². The molecule has 4 rings (SSSR count). The zero-order valence-corrected chi connectivity index (χ0v) is 20.5. The molecule has 0 bridgehead atoms. The van der Waals surface area contributed by atoms with Crippen LogP contribution < -0.4 is 14.8 Å². The van der Waals surface area contributed by atoms with Gasteiger partial charge >= 0.3 is 0 Å². The Hall–Kier alpha value is -3.39. The van der Waals surface area contributed by atoms with Gasteiger partial charge in [-0.05, 0) is 49.2 Å². The molecule has 0 aliphatic carbocycles. The first-order valence-corrected chi connectivity index (χ1v) is 12.2. The van der Waals surface area contributed by atoms with Crippen LogP contribution in [0.15, 0.2) is 36.4 Å². The van der Waals surface area contributed by atoms with Gasteiger partial charge in [0.05, 0.1) is 19.8 Å². The first-order chi connectivity index (χ1) is 16.9. The molecule has 2 heterocycles. The van der Waals surface area contributed by atoms with Gasteiger partial charge in [0.2, 0.25) is 11.8 Å². The quantitative estimate of drug-likeness (QED) is 0.614. The molecule has 186 valence electrons. The lowest BCUT2D eigenvalue weighted by atomic mass is 10.1. The van der Waals surface area contributed by atoms with Gasteiger partial charge in [-0.25, -0.2) is 0 Å². The molecule has 2 aromatic rings. The summed E-state index contributed by atoms with van der Waals surface area (Å²) in [5.74, 6) is 1.05. The van der Waals surface area contributed by atoms with Gasteiger partial charge in [0, 0.05) is 56.7 Å². The number of nitrogens with zero attached hydrogens (tertiary/aromatic N) is 2. The predicted molar refractivity (Wildman–Crippen MR) is 133 cm³/mol. The van der Waals surface area contributed by atoms with Gasteiger partial charge in [0.15, 0.2) is 17.3 Å². The smallest absolute Gasteiger partial charge is 0.238 e. The van der Waals surface area contributed by atoms with Crippen LogP contribution in [0.25, 0.3) is 0 Å². The number of fused-ring (bicyclic) bond motifs is 1. The number of ether oxygens (including phenoxy) is 2. The number of Topliss-reactive ketones (excluding diaryl/α,β-unsaturated/α-hetero) is 1. The Balaban J connectivity index is 1.20. The average molecular weight is 480 g/mol. The molecule has 1 fully saturated rings. The SMILES string of the molecule is Cc1cccc(NC(=O)CN2CCN(C(=O)CCC(=O)c3ccc4c(c3)OCCCO4)CC2)c1C. The number of nitrogens with one attached hydrogen (secondary N) is 1. The third-order valence-corrected chi connectivity index (χ3v) is 6.61. The lowest BCUT2D eigenvalue weighted by molar-refractivity contribution is -0.133. The molecule has 2 aliphatic heterocycles. The summed E-state index contributed by atoms with van der Waals surface area (Å²) >= 11 is 0. The fraction of sp³-hybridized carbons (Fsp3) is 0.444. The van der Waals surface area contributed by atoms with Crippen LogP contribution in [-0.2, 0) is 9.59 Å². The van der Waals surface area contributed by atoms with E-state index in [9.17, 15) is 14.4 Å². The van der Waals surface area contributed by atoms with Crippen LogP contribution in [0.1, 0.15) is 40.7 Å². The Morgan fingerprint density at radius 3 is 2.43 bits per heavy atom. The summed E-state index contributed by atoms with van der Waals surface area (Å²) in [7, 11) is 0. The monoisotopic (exact) mass is 479 g/mol. The zero-order chi connectivity index (χ0) is 24.8. The molecule has 2 aromatic carbocycles. The molecule has 0 spiro atoms. The maximum atomic E-state index is 12.7. The molecule has 0 unspecified atom stereocenters. The van der Waals surface area contributed by atoms with Crippen molar-refractivity contribution in [1.29, 1.82) is 0 Å².